The normalized spacial score (nSPS) is 21.9. The zero-order chi connectivity index (χ0) is 12.3. The topological polar surface area (TPSA) is 33.1 Å². The summed E-state index contributed by atoms with van der Waals surface area (Å²) in [6.07, 6.45) is 2.23. The van der Waals surface area contributed by atoms with E-state index in [0.29, 0.717) is 6.04 Å². The molecule has 0 aliphatic carbocycles. The fraction of sp³-hybridized carbons (Fsp3) is 0.769. The van der Waals surface area contributed by atoms with Gasteiger partial charge in [-0.2, -0.15) is 5.10 Å². The van der Waals surface area contributed by atoms with Crippen molar-refractivity contribution in [3.63, 3.8) is 0 Å². The lowest BCUT2D eigenvalue weighted by atomic mass is 10.1. The van der Waals surface area contributed by atoms with E-state index in [4.69, 9.17) is 0 Å². The summed E-state index contributed by atoms with van der Waals surface area (Å²) in [6.45, 7) is 8.83. The van der Waals surface area contributed by atoms with E-state index in [9.17, 15) is 0 Å². The fourth-order valence-corrected chi connectivity index (χ4v) is 2.51. The van der Waals surface area contributed by atoms with Gasteiger partial charge in [-0.25, -0.2) is 0 Å². The highest BCUT2D eigenvalue weighted by Crippen LogP contribution is 2.13. The van der Waals surface area contributed by atoms with Gasteiger partial charge in [0.1, 0.15) is 0 Å². The van der Waals surface area contributed by atoms with Crippen LogP contribution in [0.5, 0.6) is 0 Å². The van der Waals surface area contributed by atoms with Crippen LogP contribution in [0.3, 0.4) is 0 Å². The summed E-state index contributed by atoms with van der Waals surface area (Å²) >= 11 is 0. The number of nitrogens with zero attached hydrogens (tertiary/aromatic N) is 3. The second-order valence-electron chi connectivity index (χ2n) is 4.84. The SMILES string of the molecule is CCc1cc(CN2CCNCC2CC)n(C)n1. The highest BCUT2D eigenvalue weighted by Gasteiger charge is 2.21. The third-order valence-electron chi connectivity index (χ3n) is 3.70. The Hall–Kier alpha value is -0.870. The molecule has 0 aromatic carbocycles. The van der Waals surface area contributed by atoms with E-state index >= 15 is 0 Å². The minimum Gasteiger partial charge on any atom is -0.314 e. The molecule has 1 aliphatic rings. The number of nitrogens with one attached hydrogen (secondary N) is 1. The average Bonchev–Trinajstić information content (AvgIpc) is 2.71. The Morgan fingerprint density at radius 3 is 2.94 bits per heavy atom. The van der Waals surface area contributed by atoms with Crippen LogP contribution < -0.4 is 5.32 Å². The minimum atomic E-state index is 0.670. The maximum atomic E-state index is 4.52. The molecule has 1 unspecified atom stereocenters. The lowest BCUT2D eigenvalue weighted by Crippen LogP contribution is -2.50. The molecule has 0 radical (unpaired) electrons. The first-order valence-corrected chi connectivity index (χ1v) is 6.71. The molecule has 1 aromatic rings. The molecule has 0 amide bonds. The molecular weight excluding hydrogens is 212 g/mol. The molecule has 1 aromatic heterocycles. The summed E-state index contributed by atoms with van der Waals surface area (Å²) < 4.78 is 2.04. The number of aryl methyl sites for hydroxylation is 2. The molecule has 1 aliphatic heterocycles. The summed E-state index contributed by atoms with van der Waals surface area (Å²) in [6, 6.07) is 2.91. The van der Waals surface area contributed by atoms with Crippen LogP contribution in [0.25, 0.3) is 0 Å². The van der Waals surface area contributed by atoms with Gasteiger partial charge in [0.05, 0.1) is 11.4 Å². The summed E-state index contributed by atoms with van der Waals surface area (Å²) in [5.74, 6) is 0. The molecule has 2 rings (SSSR count). The summed E-state index contributed by atoms with van der Waals surface area (Å²) in [4.78, 5) is 2.58. The van der Waals surface area contributed by atoms with Crippen LogP contribution in [0.4, 0.5) is 0 Å². The van der Waals surface area contributed by atoms with E-state index in [1.54, 1.807) is 0 Å². The molecule has 0 saturated carbocycles. The van der Waals surface area contributed by atoms with Gasteiger partial charge in [0.15, 0.2) is 0 Å². The van der Waals surface area contributed by atoms with Crippen LogP contribution in [-0.4, -0.2) is 40.4 Å². The first-order chi connectivity index (χ1) is 8.24. The van der Waals surface area contributed by atoms with Gasteiger partial charge in [-0.15, -0.1) is 0 Å². The van der Waals surface area contributed by atoms with Gasteiger partial charge in [-0.05, 0) is 18.9 Å². The van der Waals surface area contributed by atoms with Gasteiger partial charge in [0, 0.05) is 39.3 Å². The largest absolute Gasteiger partial charge is 0.314 e. The van der Waals surface area contributed by atoms with Crippen molar-refractivity contribution >= 4 is 0 Å². The van der Waals surface area contributed by atoms with E-state index in [2.05, 4.69) is 42.3 Å². The van der Waals surface area contributed by atoms with Crippen molar-refractivity contribution in [1.29, 1.82) is 0 Å². The second-order valence-corrected chi connectivity index (χ2v) is 4.84. The molecule has 4 heteroatoms. The number of aromatic nitrogens is 2. The van der Waals surface area contributed by atoms with Crippen molar-refractivity contribution in [1.82, 2.24) is 20.0 Å². The third kappa shape index (κ3) is 2.87. The molecule has 17 heavy (non-hydrogen) atoms. The molecule has 1 fully saturated rings. The monoisotopic (exact) mass is 236 g/mol. The van der Waals surface area contributed by atoms with Crippen LogP contribution in [0.1, 0.15) is 31.7 Å². The van der Waals surface area contributed by atoms with E-state index < -0.39 is 0 Å². The molecule has 1 atom stereocenters. The Balaban J connectivity index is 2.05. The molecule has 1 saturated heterocycles. The van der Waals surface area contributed by atoms with Gasteiger partial charge in [-0.3, -0.25) is 9.58 Å². The Morgan fingerprint density at radius 2 is 2.29 bits per heavy atom. The quantitative estimate of drug-likeness (QED) is 0.852. The van der Waals surface area contributed by atoms with Crippen molar-refractivity contribution in [3.05, 3.63) is 17.5 Å². The Bertz CT molecular complexity index is 358. The first-order valence-electron chi connectivity index (χ1n) is 6.71. The van der Waals surface area contributed by atoms with Crippen LogP contribution in [0, 0.1) is 0 Å². The third-order valence-corrected chi connectivity index (χ3v) is 3.70. The lowest BCUT2D eigenvalue weighted by molar-refractivity contribution is 0.145. The second kappa shape index (κ2) is 5.65. The number of piperazine rings is 1. The average molecular weight is 236 g/mol. The smallest absolute Gasteiger partial charge is 0.0625 e. The van der Waals surface area contributed by atoms with E-state index in [0.717, 1.165) is 32.6 Å². The van der Waals surface area contributed by atoms with Gasteiger partial charge < -0.3 is 5.32 Å². The van der Waals surface area contributed by atoms with Gasteiger partial charge >= 0.3 is 0 Å². The van der Waals surface area contributed by atoms with Crippen molar-refractivity contribution in [2.75, 3.05) is 19.6 Å². The maximum absolute atomic E-state index is 4.52. The van der Waals surface area contributed by atoms with Crippen molar-refractivity contribution in [2.45, 2.75) is 39.3 Å². The van der Waals surface area contributed by atoms with E-state index in [1.165, 1.54) is 17.8 Å². The predicted molar refractivity (Wildman–Crippen MR) is 69.9 cm³/mol. The number of hydrogen-bond donors (Lipinski definition) is 1. The summed E-state index contributed by atoms with van der Waals surface area (Å²) in [5.41, 5.74) is 2.54. The highest BCUT2D eigenvalue weighted by atomic mass is 15.3. The van der Waals surface area contributed by atoms with Crippen molar-refractivity contribution in [2.24, 2.45) is 7.05 Å². The van der Waals surface area contributed by atoms with E-state index in [-0.39, 0.29) is 0 Å². The molecule has 1 N–H and O–H groups in total. The molecule has 0 spiro atoms. The number of hydrogen-bond acceptors (Lipinski definition) is 3. The summed E-state index contributed by atoms with van der Waals surface area (Å²) in [7, 11) is 2.05. The summed E-state index contributed by atoms with van der Waals surface area (Å²) in [5, 5.41) is 7.99. The fourth-order valence-electron chi connectivity index (χ4n) is 2.51. The van der Waals surface area contributed by atoms with Crippen molar-refractivity contribution in [3.8, 4) is 0 Å². The standard InChI is InChI=1S/C13H24N4/c1-4-11-8-13(16(3)15-11)10-17-7-6-14-9-12(17)5-2/h8,12,14H,4-7,9-10H2,1-3H3. The molecule has 0 bridgehead atoms. The van der Waals surface area contributed by atoms with Crippen LogP contribution in [0.15, 0.2) is 6.07 Å². The Morgan fingerprint density at radius 1 is 1.47 bits per heavy atom. The van der Waals surface area contributed by atoms with E-state index in [1.807, 2.05) is 4.68 Å². The van der Waals surface area contributed by atoms with Gasteiger partial charge in [0.25, 0.3) is 0 Å². The van der Waals surface area contributed by atoms with Crippen LogP contribution in [-0.2, 0) is 20.0 Å². The van der Waals surface area contributed by atoms with Crippen LogP contribution in [0.2, 0.25) is 0 Å². The van der Waals surface area contributed by atoms with Crippen LogP contribution >= 0.6 is 0 Å². The molecular formula is C13H24N4. The van der Waals surface area contributed by atoms with Gasteiger partial charge in [-0.1, -0.05) is 13.8 Å². The minimum absolute atomic E-state index is 0.670. The highest BCUT2D eigenvalue weighted by molar-refractivity contribution is 5.10. The maximum Gasteiger partial charge on any atom is 0.0625 e. The zero-order valence-corrected chi connectivity index (χ0v) is 11.2. The van der Waals surface area contributed by atoms with Gasteiger partial charge in [0.2, 0.25) is 0 Å². The first kappa shape index (κ1) is 12.6. The molecule has 4 nitrogen and oxygen atoms in total. The van der Waals surface area contributed by atoms with Crippen molar-refractivity contribution < 1.29 is 0 Å². The molecule has 2 heterocycles. The number of rotatable bonds is 4. The Kier molecular flexibility index (Phi) is 4.18. The predicted octanol–water partition coefficient (Wildman–Crippen LogP) is 1.17. The molecule has 96 valence electrons. The zero-order valence-electron chi connectivity index (χ0n) is 11.2. The lowest BCUT2D eigenvalue weighted by Gasteiger charge is -2.35. The Labute approximate surface area is 104 Å².